The van der Waals surface area contributed by atoms with Crippen LogP contribution in [-0.2, 0) is 10.0 Å². The average molecular weight is 331 g/mol. The van der Waals surface area contributed by atoms with Crippen molar-refractivity contribution >= 4 is 27.3 Å². The van der Waals surface area contributed by atoms with Gasteiger partial charge in [0.05, 0.1) is 4.90 Å². The topological polar surface area (TPSA) is 63.4 Å². The van der Waals surface area contributed by atoms with E-state index >= 15 is 0 Å². The Kier molecular flexibility index (Phi) is 5.17. The maximum absolute atomic E-state index is 12.6. The van der Waals surface area contributed by atoms with E-state index < -0.39 is 10.0 Å². The minimum absolute atomic E-state index is 0.175. The molecule has 118 valence electrons. The van der Waals surface area contributed by atoms with Crippen molar-refractivity contribution in [3.63, 3.8) is 0 Å². The Hall–Kier alpha value is -0.780. The number of sulfonamides is 1. The molecule has 1 saturated carbocycles. The molecule has 0 aliphatic heterocycles. The van der Waals surface area contributed by atoms with Gasteiger partial charge in [-0.05, 0) is 43.4 Å². The minimum atomic E-state index is -3.53. The van der Waals surface area contributed by atoms with Crippen molar-refractivity contribution in [3.05, 3.63) is 22.7 Å². The second-order valence-electron chi connectivity index (χ2n) is 5.91. The molecule has 1 aliphatic rings. The van der Waals surface area contributed by atoms with Gasteiger partial charge in [0.15, 0.2) is 0 Å². The predicted octanol–water partition coefficient (Wildman–Crippen LogP) is 3.43. The van der Waals surface area contributed by atoms with Crippen LogP contribution in [-0.4, -0.2) is 26.3 Å². The number of hydrogen-bond acceptors (Lipinski definition) is 3. The molecule has 1 fully saturated rings. The molecule has 2 rings (SSSR count). The summed E-state index contributed by atoms with van der Waals surface area (Å²) in [4.78, 5) is 0.175. The smallest absolute Gasteiger partial charge is 0.242 e. The lowest BCUT2D eigenvalue weighted by molar-refractivity contribution is 0.300. The summed E-state index contributed by atoms with van der Waals surface area (Å²) < 4.78 is 26.7. The lowest BCUT2D eigenvalue weighted by atomic mass is 9.89. The van der Waals surface area contributed by atoms with E-state index in [1.165, 1.54) is 35.7 Å². The highest BCUT2D eigenvalue weighted by molar-refractivity contribution is 7.89. The largest absolute Gasteiger partial charge is 0.398 e. The van der Waals surface area contributed by atoms with E-state index in [1.807, 2.05) is 0 Å². The summed E-state index contributed by atoms with van der Waals surface area (Å²) in [6.07, 6.45) is 5.87. The van der Waals surface area contributed by atoms with Gasteiger partial charge >= 0.3 is 0 Å². The highest BCUT2D eigenvalue weighted by Crippen LogP contribution is 2.29. The molecule has 4 nitrogen and oxygen atoms in total. The number of anilines is 1. The van der Waals surface area contributed by atoms with Crippen LogP contribution in [0.1, 0.15) is 37.7 Å². The molecule has 0 amide bonds. The van der Waals surface area contributed by atoms with Crippen LogP contribution < -0.4 is 5.73 Å². The fraction of sp³-hybridized carbons (Fsp3) is 0.600. The standard InChI is InChI=1S/C15H23ClN2O2S/c1-11-14(16)8-13(9-15(11)17)21(19,20)18(2)10-12-6-4-3-5-7-12/h8-9,12H,3-7,10,17H2,1-2H3. The molecule has 1 aliphatic carbocycles. The van der Waals surface area contributed by atoms with Crippen molar-refractivity contribution in [2.75, 3.05) is 19.3 Å². The molecule has 2 N–H and O–H groups in total. The van der Waals surface area contributed by atoms with Crippen LogP contribution in [0.15, 0.2) is 17.0 Å². The first-order chi connectivity index (χ1) is 9.82. The molecule has 0 unspecified atom stereocenters. The number of hydrogen-bond donors (Lipinski definition) is 1. The third-order valence-corrected chi connectivity index (χ3v) is 6.50. The summed E-state index contributed by atoms with van der Waals surface area (Å²) in [5, 5.41) is 0.389. The molecule has 0 atom stereocenters. The average Bonchev–Trinajstić information content (AvgIpc) is 2.45. The van der Waals surface area contributed by atoms with Crippen LogP contribution in [0, 0.1) is 12.8 Å². The van der Waals surface area contributed by atoms with Gasteiger partial charge in [-0.25, -0.2) is 12.7 Å². The Bertz CT molecular complexity index is 587. The monoisotopic (exact) mass is 330 g/mol. The zero-order valence-electron chi connectivity index (χ0n) is 12.6. The van der Waals surface area contributed by atoms with Crippen LogP contribution in [0.25, 0.3) is 0 Å². The highest BCUT2D eigenvalue weighted by atomic mass is 35.5. The number of benzene rings is 1. The summed E-state index contributed by atoms with van der Waals surface area (Å²) in [6, 6.07) is 2.98. The van der Waals surface area contributed by atoms with E-state index in [2.05, 4.69) is 0 Å². The number of nitrogens with zero attached hydrogens (tertiary/aromatic N) is 1. The third kappa shape index (κ3) is 3.71. The molecule has 1 aromatic carbocycles. The summed E-state index contributed by atoms with van der Waals surface area (Å²) in [6.45, 7) is 2.34. The van der Waals surface area contributed by atoms with Crippen LogP contribution in [0.3, 0.4) is 0 Å². The molecule has 0 bridgehead atoms. The van der Waals surface area contributed by atoms with E-state index in [-0.39, 0.29) is 4.90 Å². The van der Waals surface area contributed by atoms with Gasteiger partial charge in [-0.3, -0.25) is 0 Å². The maximum atomic E-state index is 12.6. The van der Waals surface area contributed by atoms with E-state index in [1.54, 1.807) is 14.0 Å². The van der Waals surface area contributed by atoms with Crippen molar-refractivity contribution in [1.29, 1.82) is 0 Å². The first-order valence-electron chi connectivity index (χ1n) is 7.34. The van der Waals surface area contributed by atoms with Gasteiger partial charge < -0.3 is 5.73 Å². The van der Waals surface area contributed by atoms with E-state index in [9.17, 15) is 8.42 Å². The Morgan fingerprint density at radius 2 is 1.90 bits per heavy atom. The number of nitrogen functional groups attached to an aromatic ring is 1. The van der Waals surface area contributed by atoms with Crippen molar-refractivity contribution in [3.8, 4) is 0 Å². The fourth-order valence-corrected chi connectivity index (χ4v) is 4.44. The fourth-order valence-electron chi connectivity index (χ4n) is 2.83. The zero-order valence-corrected chi connectivity index (χ0v) is 14.2. The van der Waals surface area contributed by atoms with Gasteiger partial charge in [0.25, 0.3) is 0 Å². The summed E-state index contributed by atoms with van der Waals surface area (Å²) >= 11 is 6.06. The molecule has 0 heterocycles. The second-order valence-corrected chi connectivity index (χ2v) is 8.36. The summed E-state index contributed by atoms with van der Waals surface area (Å²) in [5.74, 6) is 0.455. The van der Waals surface area contributed by atoms with E-state index in [0.717, 1.165) is 12.8 Å². The molecule has 0 radical (unpaired) electrons. The summed E-state index contributed by atoms with van der Waals surface area (Å²) in [5.41, 5.74) is 6.96. The molecular weight excluding hydrogens is 308 g/mol. The predicted molar refractivity (Wildman–Crippen MR) is 87.0 cm³/mol. The van der Waals surface area contributed by atoms with E-state index in [0.29, 0.717) is 28.7 Å². The maximum Gasteiger partial charge on any atom is 0.242 e. The molecular formula is C15H23ClN2O2S. The Balaban J connectivity index is 2.20. The molecule has 0 saturated heterocycles. The van der Waals surface area contributed by atoms with Crippen molar-refractivity contribution in [2.24, 2.45) is 5.92 Å². The first-order valence-corrected chi connectivity index (χ1v) is 9.16. The molecule has 0 spiro atoms. The van der Waals surface area contributed by atoms with Crippen LogP contribution >= 0.6 is 11.6 Å². The lowest BCUT2D eigenvalue weighted by Crippen LogP contribution is -2.32. The normalized spacial score (nSPS) is 17.3. The zero-order chi connectivity index (χ0) is 15.6. The highest BCUT2D eigenvalue weighted by Gasteiger charge is 2.25. The van der Waals surface area contributed by atoms with E-state index in [4.69, 9.17) is 17.3 Å². The van der Waals surface area contributed by atoms with Gasteiger partial charge in [0, 0.05) is 24.3 Å². The van der Waals surface area contributed by atoms with Gasteiger partial charge in [0.1, 0.15) is 0 Å². The SMILES string of the molecule is Cc1c(N)cc(S(=O)(=O)N(C)CC2CCCCC2)cc1Cl. The van der Waals surface area contributed by atoms with Crippen molar-refractivity contribution < 1.29 is 8.42 Å². The quantitative estimate of drug-likeness (QED) is 0.860. The molecule has 21 heavy (non-hydrogen) atoms. The summed E-state index contributed by atoms with van der Waals surface area (Å²) in [7, 11) is -1.90. The van der Waals surface area contributed by atoms with Crippen LogP contribution in [0.4, 0.5) is 5.69 Å². The van der Waals surface area contributed by atoms with Crippen LogP contribution in [0.5, 0.6) is 0 Å². The lowest BCUT2D eigenvalue weighted by Gasteiger charge is -2.26. The Morgan fingerprint density at radius 1 is 1.29 bits per heavy atom. The van der Waals surface area contributed by atoms with Gasteiger partial charge in [-0.15, -0.1) is 0 Å². The number of nitrogens with two attached hydrogens (primary N) is 1. The number of halogens is 1. The molecule has 6 heteroatoms. The minimum Gasteiger partial charge on any atom is -0.398 e. The first kappa shape index (κ1) is 16.6. The number of rotatable bonds is 4. The Labute approximate surface area is 132 Å². The molecule has 0 aromatic heterocycles. The third-order valence-electron chi connectivity index (χ3n) is 4.31. The van der Waals surface area contributed by atoms with Crippen molar-refractivity contribution in [1.82, 2.24) is 4.31 Å². The Morgan fingerprint density at radius 3 is 2.48 bits per heavy atom. The van der Waals surface area contributed by atoms with Crippen LogP contribution in [0.2, 0.25) is 5.02 Å². The van der Waals surface area contributed by atoms with Crippen molar-refractivity contribution in [2.45, 2.75) is 43.9 Å². The van der Waals surface area contributed by atoms with Gasteiger partial charge in [-0.1, -0.05) is 30.9 Å². The molecule has 1 aromatic rings. The van der Waals surface area contributed by atoms with Gasteiger partial charge in [0.2, 0.25) is 10.0 Å². The second kappa shape index (κ2) is 6.55. The van der Waals surface area contributed by atoms with Gasteiger partial charge in [-0.2, -0.15) is 0 Å².